The second kappa shape index (κ2) is 6.08. The van der Waals surface area contributed by atoms with Crippen molar-refractivity contribution in [3.05, 3.63) is 46.7 Å². The van der Waals surface area contributed by atoms with Gasteiger partial charge in [-0.05, 0) is 24.1 Å². The maximum absolute atomic E-state index is 6.34. The van der Waals surface area contributed by atoms with Crippen LogP contribution in [0, 0.1) is 0 Å². The van der Waals surface area contributed by atoms with Gasteiger partial charge in [-0.1, -0.05) is 30.7 Å². The number of ether oxygens (including phenoxy) is 1. The molecule has 19 heavy (non-hydrogen) atoms. The molecule has 0 fully saturated rings. The first kappa shape index (κ1) is 13.9. The van der Waals surface area contributed by atoms with Crippen LogP contribution in [-0.2, 0) is 6.54 Å². The van der Waals surface area contributed by atoms with Crippen molar-refractivity contribution >= 4 is 11.6 Å². The molecule has 0 spiro atoms. The number of nitrogens with zero attached hydrogens (tertiary/aromatic N) is 2. The molecule has 1 heterocycles. The summed E-state index contributed by atoms with van der Waals surface area (Å²) in [6, 6.07) is 7.25. The first-order chi connectivity index (χ1) is 9.17. The Hall–Kier alpha value is -1.52. The van der Waals surface area contributed by atoms with Gasteiger partial charge in [0, 0.05) is 11.6 Å². The highest BCUT2D eigenvalue weighted by atomic mass is 35.5. The quantitative estimate of drug-likeness (QED) is 0.915. The lowest BCUT2D eigenvalue weighted by Gasteiger charge is -2.16. The molecule has 5 heteroatoms. The number of benzene rings is 1. The lowest BCUT2D eigenvalue weighted by atomic mass is 10.0. The van der Waals surface area contributed by atoms with Crippen molar-refractivity contribution in [2.24, 2.45) is 5.73 Å². The number of aryl methyl sites for hydroxylation is 1. The maximum atomic E-state index is 6.34. The lowest BCUT2D eigenvalue weighted by Crippen LogP contribution is -2.18. The lowest BCUT2D eigenvalue weighted by molar-refractivity contribution is 0.404. The fraction of sp³-hybridized carbons (Fsp3) is 0.357. The first-order valence-corrected chi connectivity index (χ1v) is 6.66. The van der Waals surface area contributed by atoms with Crippen molar-refractivity contribution in [2.45, 2.75) is 25.9 Å². The highest BCUT2D eigenvalue weighted by molar-refractivity contribution is 6.30. The van der Waals surface area contributed by atoms with Crippen molar-refractivity contribution in [3.63, 3.8) is 0 Å². The summed E-state index contributed by atoms with van der Waals surface area (Å²) in [4.78, 5) is 0. The predicted molar refractivity (Wildman–Crippen MR) is 76.6 cm³/mol. The molecule has 2 N–H and O–H groups in total. The second-order valence-electron chi connectivity index (χ2n) is 4.35. The van der Waals surface area contributed by atoms with Gasteiger partial charge >= 0.3 is 0 Å². The van der Waals surface area contributed by atoms with E-state index in [1.165, 1.54) is 0 Å². The summed E-state index contributed by atoms with van der Waals surface area (Å²) in [5.41, 5.74) is 8.17. The van der Waals surface area contributed by atoms with Crippen LogP contribution in [0.2, 0.25) is 5.02 Å². The van der Waals surface area contributed by atoms with Crippen molar-refractivity contribution in [2.75, 3.05) is 7.11 Å². The summed E-state index contributed by atoms with van der Waals surface area (Å²) in [7, 11) is 1.63. The summed E-state index contributed by atoms with van der Waals surface area (Å²) < 4.78 is 7.24. The van der Waals surface area contributed by atoms with Gasteiger partial charge in [-0.15, -0.1) is 0 Å². The van der Waals surface area contributed by atoms with Crippen LogP contribution in [0.5, 0.6) is 5.75 Å². The van der Waals surface area contributed by atoms with Crippen LogP contribution in [0.15, 0.2) is 30.5 Å². The monoisotopic (exact) mass is 279 g/mol. The van der Waals surface area contributed by atoms with E-state index in [1.807, 2.05) is 28.9 Å². The molecule has 1 atom stereocenters. The Balaban J connectivity index is 2.41. The summed E-state index contributed by atoms with van der Waals surface area (Å²) in [6.07, 6.45) is 2.69. The largest absolute Gasteiger partial charge is 0.493 e. The van der Waals surface area contributed by atoms with Crippen LogP contribution in [0.4, 0.5) is 0 Å². The summed E-state index contributed by atoms with van der Waals surface area (Å²) in [6.45, 7) is 2.91. The number of hydrogen-bond donors (Lipinski definition) is 1. The molecule has 102 valence electrons. The van der Waals surface area contributed by atoms with Gasteiger partial charge in [0.05, 0.1) is 19.3 Å². The third kappa shape index (κ3) is 2.91. The van der Waals surface area contributed by atoms with Crippen LogP contribution < -0.4 is 10.5 Å². The van der Waals surface area contributed by atoms with Gasteiger partial charge < -0.3 is 10.5 Å². The number of hydrogen-bond acceptors (Lipinski definition) is 3. The van der Waals surface area contributed by atoms with Crippen molar-refractivity contribution in [1.82, 2.24) is 9.78 Å². The smallest absolute Gasteiger partial charge is 0.161 e. The molecule has 1 aromatic carbocycles. The van der Waals surface area contributed by atoms with Crippen molar-refractivity contribution < 1.29 is 4.74 Å². The van der Waals surface area contributed by atoms with Crippen molar-refractivity contribution in [1.29, 1.82) is 0 Å². The maximum Gasteiger partial charge on any atom is 0.161 e. The topological polar surface area (TPSA) is 53.1 Å². The van der Waals surface area contributed by atoms with Crippen LogP contribution in [0.3, 0.4) is 0 Å². The van der Waals surface area contributed by atoms with E-state index in [0.29, 0.717) is 10.8 Å². The molecular weight excluding hydrogens is 262 g/mol. The molecule has 0 radical (unpaired) electrons. The Morgan fingerprint density at radius 1 is 1.47 bits per heavy atom. The standard InChI is InChI=1S/C14H18ClN3O/c1-3-7-18-14(12(19-2)9-17-18)13(16)10-5-4-6-11(15)8-10/h4-6,8-9,13H,3,7,16H2,1-2H3. The third-order valence-corrected chi connectivity index (χ3v) is 3.24. The van der Waals surface area contributed by atoms with E-state index >= 15 is 0 Å². The zero-order valence-electron chi connectivity index (χ0n) is 11.1. The molecule has 0 saturated heterocycles. The minimum atomic E-state index is -0.303. The fourth-order valence-electron chi connectivity index (χ4n) is 2.10. The Kier molecular flexibility index (Phi) is 4.45. The molecule has 0 aliphatic rings. The third-order valence-electron chi connectivity index (χ3n) is 3.00. The highest BCUT2D eigenvalue weighted by Gasteiger charge is 2.20. The Morgan fingerprint density at radius 3 is 2.89 bits per heavy atom. The van der Waals surface area contributed by atoms with E-state index in [4.69, 9.17) is 22.1 Å². The number of halogens is 1. The van der Waals surface area contributed by atoms with Gasteiger partial charge in [0.2, 0.25) is 0 Å². The van der Waals surface area contributed by atoms with Gasteiger partial charge in [0.1, 0.15) is 5.69 Å². The second-order valence-corrected chi connectivity index (χ2v) is 4.79. The van der Waals surface area contributed by atoms with E-state index in [1.54, 1.807) is 13.3 Å². The van der Waals surface area contributed by atoms with Gasteiger partial charge in [0.15, 0.2) is 5.75 Å². The molecule has 4 nitrogen and oxygen atoms in total. The van der Waals surface area contributed by atoms with E-state index < -0.39 is 0 Å². The molecule has 0 bridgehead atoms. The van der Waals surface area contributed by atoms with Gasteiger partial charge in [0.25, 0.3) is 0 Å². The first-order valence-electron chi connectivity index (χ1n) is 6.28. The number of nitrogens with two attached hydrogens (primary N) is 1. The van der Waals surface area contributed by atoms with Crippen LogP contribution in [0.1, 0.15) is 30.6 Å². The van der Waals surface area contributed by atoms with Crippen LogP contribution in [-0.4, -0.2) is 16.9 Å². The zero-order valence-corrected chi connectivity index (χ0v) is 11.9. The van der Waals surface area contributed by atoms with Crippen LogP contribution >= 0.6 is 11.6 Å². The molecule has 0 amide bonds. The molecule has 0 saturated carbocycles. The SMILES string of the molecule is CCCn1ncc(OC)c1C(N)c1cccc(Cl)c1. The van der Waals surface area contributed by atoms with E-state index in [0.717, 1.165) is 24.2 Å². The Bertz CT molecular complexity index is 553. The molecule has 2 aromatic rings. The average Bonchev–Trinajstić information content (AvgIpc) is 2.81. The Morgan fingerprint density at radius 2 is 2.26 bits per heavy atom. The van der Waals surface area contributed by atoms with Gasteiger partial charge in [-0.3, -0.25) is 4.68 Å². The van der Waals surface area contributed by atoms with E-state index in [2.05, 4.69) is 12.0 Å². The summed E-state index contributed by atoms with van der Waals surface area (Å²) in [5.74, 6) is 0.709. The minimum absolute atomic E-state index is 0.303. The number of rotatable bonds is 5. The average molecular weight is 280 g/mol. The predicted octanol–water partition coefficient (Wildman–Crippen LogP) is 3.00. The zero-order chi connectivity index (χ0) is 13.8. The van der Waals surface area contributed by atoms with E-state index in [9.17, 15) is 0 Å². The van der Waals surface area contributed by atoms with E-state index in [-0.39, 0.29) is 6.04 Å². The Labute approximate surface area is 118 Å². The normalized spacial score (nSPS) is 12.4. The molecule has 1 aromatic heterocycles. The molecule has 0 aliphatic heterocycles. The minimum Gasteiger partial charge on any atom is -0.493 e. The molecule has 2 rings (SSSR count). The van der Waals surface area contributed by atoms with Crippen molar-refractivity contribution in [3.8, 4) is 5.75 Å². The summed E-state index contributed by atoms with van der Waals surface area (Å²) in [5, 5.41) is 5.00. The summed E-state index contributed by atoms with van der Waals surface area (Å²) >= 11 is 6.02. The number of aromatic nitrogens is 2. The number of methoxy groups -OCH3 is 1. The van der Waals surface area contributed by atoms with Gasteiger partial charge in [-0.2, -0.15) is 5.10 Å². The molecular formula is C14H18ClN3O. The van der Waals surface area contributed by atoms with Gasteiger partial charge in [-0.25, -0.2) is 0 Å². The molecule has 0 aliphatic carbocycles. The fourth-order valence-corrected chi connectivity index (χ4v) is 2.30. The molecule has 1 unspecified atom stereocenters. The highest BCUT2D eigenvalue weighted by Crippen LogP contribution is 2.29. The van der Waals surface area contributed by atoms with Crippen LogP contribution in [0.25, 0.3) is 0 Å².